The summed E-state index contributed by atoms with van der Waals surface area (Å²) in [7, 11) is -5.11. The summed E-state index contributed by atoms with van der Waals surface area (Å²) in [6.45, 7) is 3.28. The van der Waals surface area contributed by atoms with Crippen LogP contribution in [-0.4, -0.2) is 98.3 Å². The largest absolute Gasteiger partial charge is 0.472 e. The Labute approximate surface area is 343 Å². The van der Waals surface area contributed by atoms with E-state index in [0.717, 1.165) is 57.8 Å². The van der Waals surface area contributed by atoms with E-state index in [4.69, 9.17) is 18.5 Å². The quantitative estimate of drug-likeness (QED) is 0.0151. The van der Waals surface area contributed by atoms with Gasteiger partial charge in [0.15, 0.2) is 6.10 Å². The standard InChI is InChI=1S/C43H81O13P/c1-3-5-7-9-11-13-15-17-19-21-23-25-27-29-31-36(44)53-33-35(34-54-57(51,52)56-43-41(49)39(47)38(46)40(48)42(43)50)55-37(45)32-30-28-26-24-22-20-18-16-14-12-10-8-6-4-2/h15,17,35,38-43,46-50H,3-14,16,18-34H2,1-2H3,(H,51,52)/b17-15-/t35-,38?,39-,40?,41?,42?,43?/m1/s1. The highest BCUT2D eigenvalue weighted by Gasteiger charge is 2.51. The molecule has 1 rings (SSSR count). The lowest BCUT2D eigenvalue weighted by molar-refractivity contribution is -0.220. The molecule has 0 aromatic rings. The molecule has 336 valence electrons. The second kappa shape index (κ2) is 34.3. The summed E-state index contributed by atoms with van der Waals surface area (Å²) in [5.41, 5.74) is 0. The molecule has 0 bridgehead atoms. The van der Waals surface area contributed by atoms with Crippen molar-refractivity contribution in [3.63, 3.8) is 0 Å². The molecule has 14 heteroatoms. The first-order valence-electron chi connectivity index (χ1n) is 22.5. The van der Waals surface area contributed by atoms with Crippen molar-refractivity contribution in [3.05, 3.63) is 12.2 Å². The number of carbonyl (C=O) groups excluding carboxylic acids is 2. The van der Waals surface area contributed by atoms with E-state index in [1.807, 2.05) is 0 Å². The molecule has 0 aromatic carbocycles. The van der Waals surface area contributed by atoms with Gasteiger partial charge in [-0.1, -0.05) is 154 Å². The topological polar surface area (TPSA) is 210 Å². The molecular weight excluding hydrogens is 755 g/mol. The molecule has 0 spiro atoms. The minimum atomic E-state index is -5.11. The predicted octanol–water partition coefficient (Wildman–Crippen LogP) is 8.28. The average Bonchev–Trinajstić information content (AvgIpc) is 3.19. The van der Waals surface area contributed by atoms with Crippen LogP contribution >= 0.6 is 7.82 Å². The molecule has 6 unspecified atom stereocenters. The molecule has 1 saturated carbocycles. The molecule has 0 amide bonds. The van der Waals surface area contributed by atoms with Crippen molar-refractivity contribution in [2.75, 3.05) is 13.2 Å². The lowest BCUT2D eigenvalue weighted by Crippen LogP contribution is -2.64. The molecule has 0 radical (unpaired) electrons. The number of hydrogen-bond acceptors (Lipinski definition) is 12. The van der Waals surface area contributed by atoms with E-state index >= 15 is 0 Å². The number of hydrogen-bond donors (Lipinski definition) is 6. The van der Waals surface area contributed by atoms with Gasteiger partial charge >= 0.3 is 19.8 Å². The van der Waals surface area contributed by atoms with Crippen molar-refractivity contribution >= 4 is 19.8 Å². The Morgan fingerprint density at radius 1 is 0.526 bits per heavy atom. The first-order chi connectivity index (χ1) is 27.4. The van der Waals surface area contributed by atoms with Crippen molar-refractivity contribution in [3.8, 4) is 0 Å². The van der Waals surface area contributed by atoms with Crippen LogP contribution < -0.4 is 0 Å². The average molecular weight is 837 g/mol. The number of allylic oxidation sites excluding steroid dienone is 2. The fourth-order valence-electron chi connectivity index (χ4n) is 6.93. The van der Waals surface area contributed by atoms with Crippen LogP contribution in [0.25, 0.3) is 0 Å². The van der Waals surface area contributed by atoms with E-state index in [2.05, 4.69) is 26.0 Å². The fraction of sp³-hybridized carbons (Fsp3) is 0.907. The van der Waals surface area contributed by atoms with E-state index in [1.165, 1.54) is 96.3 Å². The van der Waals surface area contributed by atoms with Crippen molar-refractivity contribution in [1.29, 1.82) is 0 Å². The zero-order chi connectivity index (χ0) is 42.2. The third-order valence-corrected chi connectivity index (χ3v) is 11.6. The van der Waals surface area contributed by atoms with Crippen LogP contribution in [0.5, 0.6) is 0 Å². The van der Waals surface area contributed by atoms with Crippen LogP contribution in [0.4, 0.5) is 0 Å². The Morgan fingerprint density at radius 2 is 0.895 bits per heavy atom. The Bertz CT molecular complexity index is 1060. The zero-order valence-corrected chi connectivity index (χ0v) is 36.3. The molecule has 6 N–H and O–H groups in total. The number of carbonyl (C=O) groups is 2. The molecule has 0 aliphatic heterocycles. The van der Waals surface area contributed by atoms with Gasteiger partial charge in [0.25, 0.3) is 0 Å². The maximum atomic E-state index is 12.8. The van der Waals surface area contributed by atoms with E-state index in [-0.39, 0.29) is 12.8 Å². The van der Waals surface area contributed by atoms with E-state index in [1.54, 1.807) is 0 Å². The number of rotatable bonds is 37. The molecule has 57 heavy (non-hydrogen) atoms. The predicted molar refractivity (Wildman–Crippen MR) is 221 cm³/mol. The molecule has 1 aliphatic carbocycles. The van der Waals surface area contributed by atoms with Crippen molar-refractivity contribution in [1.82, 2.24) is 0 Å². The summed E-state index contributed by atoms with van der Waals surface area (Å²) in [4.78, 5) is 35.6. The van der Waals surface area contributed by atoms with Crippen LogP contribution in [0.15, 0.2) is 12.2 Å². The van der Waals surface area contributed by atoms with E-state index < -0.39 is 75.7 Å². The lowest BCUT2D eigenvalue weighted by atomic mass is 9.85. The molecular formula is C43H81O13P. The number of unbranched alkanes of at least 4 members (excludes halogenated alkanes) is 23. The second-order valence-electron chi connectivity index (χ2n) is 15.9. The Kier molecular flexibility index (Phi) is 32.3. The Balaban J connectivity index is 2.48. The van der Waals surface area contributed by atoms with Gasteiger partial charge < -0.3 is 39.9 Å². The van der Waals surface area contributed by atoms with Gasteiger partial charge in [-0.25, -0.2) is 4.57 Å². The maximum Gasteiger partial charge on any atom is 0.472 e. The highest BCUT2D eigenvalue weighted by Crippen LogP contribution is 2.47. The van der Waals surface area contributed by atoms with Gasteiger partial charge in [-0.2, -0.15) is 0 Å². The normalized spacial score (nSPS) is 22.7. The van der Waals surface area contributed by atoms with Crippen LogP contribution in [0, 0.1) is 0 Å². The highest BCUT2D eigenvalue weighted by molar-refractivity contribution is 7.47. The van der Waals surface area contributed by atoms with Gasteiger partial charge in [-0.3, -0.25) is 18.6 Å². The van der Waals surface area contributed by atoms with Crippen LogP contribution in [0.2, 0.25) is 0 Å². The SMILES string of the molecule is CCCCCCC/C=C\CCCCCCCC(=O)OC[C@H](COP(=O)(O)OC1C(O)C(O)C(O)[C@@H](O)C1O)OC(=O)CCCCCCCCCCCCCCCC. The summed E-state index contributed by atoms with van der Waals surface area (Å²) in [6, 6.07) is 0. The number of aliphatic hydroxyl groups excluding tert-OH is 5. The van der Waals surface area contributed by atoms with Crippen molar-refractivity contribution < 1.29 is 63.1 Å². The summed E-state index contributed by atoms with van der Waals surface area (Å²) in [5.74, 6) is -1.10. The smallest absolute Gasteiger partial charge is 0.462 e. The van der Waals surface area contributed by atoms with Gasteiger partial charge in [0.05, 0.1) is 6.61 Å². The number of phosphoric ester groups is 1. The van der Waals surface area contributed by atoms with Crippen LogP contribution in [0.3, 0.4) is 0 Å². The van der Waals surface area contributed by atoms with Crippen molar-refractivity contribution in [2.24, 2.45) is 0 Å². The first kappa shape index (κ1) is 53.6. The highest BCUT2D eigenvalue weighted by atomic mass is 31.2. The van der Waals surface area contributed by atoms with Gasteiger partial charge in [-0.05, 0) is 38.5 Å². The van der Waals surface area contributed by atoms with Gasteiger partial charge in [0, 0.05) is 12.8 Å². The zero-order valence-electron chi connectivity index (χ0n) is 35.4. The number of aliphatic hydroxyl groups is 5. The van der Waals surface area contributed by atoms with Gasteiger partial charge in [0.1, 0.15) is 43.2 Å². The molecule has 8 atom stereocenters. The Hall–Kier alpha value is -1.41. The number of phosphoric acid groups is 1. The fourth-order valence-corrected chi connectivity index (χ4v) is 7.90. The second-order valence-corrected chi connectivity index (χ2v) is 17.3. The van der Waals surface area contributed by atoms with Gasteiger partial charge in [-0.15, -0.1) is 0 Å². The maximum absolute atomic E-state index is 12.8. The lowest BCUT2D eigenvalue weighted by Gasteiger charge is -2.41. The number of ether oxygens (including phenoxy) is 2. The minimum Gasteiger partial charge on any atom is -0.462 e. The third-order valence-electron chi connectivity index (χ3n) is 10.6. The number of esters is 2. The summed E-state index contributed by atoms with van der Waals surface area (Å²) in [6.07, 6.45) is 21.2. The van der Waals surface area contributed by atoms with Crippen molar-refractivity contribution in [2.45, 2.75) is 236 Å². The molecule has 0 heterocycles. The summed E-state index contributed by atoms with van der Waals surface area (Å²) in [5, 5.41) is 50.1. The Morgan fingerprint density at radius 3 is 1.33 bits per heavy atom. The molecule has 0 aromatic heterocycles. The minimum absolute atomic E-state index is 0.100. The monoisotopic (exact) mass is 837 g/mol. The summed E-state index contributed by atoms with van der Waals surface area (Å²) >= 11 is 0. The molecule has 1 aliphatic rings. The molecule has 0 saturated heterocycles. The van der Waals surface area contributed by atoms with E-state index in [0.29, 0.717) is 12.8 Å². The van der Waals surface area contributed by atoms with E-state index in [9.17, 15) is 44.6 Å². The van der Waals surface area contributed by atoms with Crippen LogP contribution in [0.1, 0.15) is 194 Å². The van der Waals surface area contributed by atoms with Gasteiger partial charge in [0.2, 0.25) is 0 Å². The third kappa shape index (κ3) is 27.1. The molecule has 1 fully saturated rings. The van der Waals surface area contributed by atoms with Crippen LogP contribution in [-0.2, 0) is 32.7 Å². The summed E-state index contributed by atoms with van der Waals surface area (Å²) < 4.78 is 33.5. The molecule has 13 nitrogen and oxygen atoms in total. The first-order valence-corrected chi connectivity index (χ1v) is 24.0.